The smallest absolute Gasteiger partial charge is 0.0636 e. The first kappa shape index (κ1) is 16.4. The molecule has 2 nitrogen and oxygen atoms in total. The Morgan fingerprint density at radius 2 is 1.76 bits per heavy atom. The average molecular weight is 289 g/mol. The van der Waals surface area contributed by atoms with Crippen LogP contribution in [-0.4, -0.2) is 23.8 Å². The summed E-state index contributed by atoms with van der Waals surface area (Å²) in [4.78, 5) is 2.43. The number of rotatable bonds is 4. The lowest BCUT2D eigenvalue weighted by Gasteiger charge is -2.40. The predicted molar refractivity (Wildman–Crippen MR) is 91.0 cm³/mol. The lowest BCUT2D eigenvalue weighted by Crippen LogP contribution is -2.44. The molecule has 0 amide bonds. The Bertz CT molecular complexity index is 455. The number of piperidine rings is 1. The third kappa shape index (κ3) is 3.79. The molecule has 1 aliphatic heterocycles. The van der Waals surface area contributed by atoms with Crippen molar-refractivity contribution in [3.63, 3.8) is 0 Å². The van der Waals surface area contributed by atoms with Crippen molar-refractivity contribution in [2.75, 3.05) is 18.0 Å². The highest BCUT2D eigenvalue weighted by Crippen LogP contribution is 2.32. The molecule has 1 unspecified atom stereocenters. The topological polar surface area (TPSA) is 23.5 Å². The van der Waals surface area contributed by atoms with Crippen molar-refractivity contribution in [1.82, 2.24) is 0 Å². The second-order valence-electron chi connectivity index (χ2n) is 7.72. The van der Waals surface area contributed by atoms with Gasteiger partial charge in [-0.2, -0.15) is 0 Å². The fourth-order valence-electron chi connectivity index (χ4n) is 3.12. The van der Waals surface area contributed by atoms with E-state index < -0.39 is 5.60 Å². The van der Waals surface area contributed by atoms with Gasteiger partial charge in [0.05, 0.1) is 5.60 Å². The van der Waals surface area contributed by atoms with Crippen LogP contribution in [0.3, 0.4) is 0 Å². The molecule has 0 aliphatic carbocycles. The maximum absolute atomic E-state index is 10.3. The van der Waals surface area contributed by atoms with Gasteiger partial charge >= 0.3 is 0 Å². The van der Waals surface area contributed by atoms with E-state index in [-0.39, 0.29) is 5.41 Å². The van der Waals surface area contributed by atoms with Gasteiger partial charge in [0.1, 0.15) is 0 Å². The van der Waals surface area contributed by atoms with Crippen LogP contribution in [0.1, 0.15) is 59.4 Å². The van der Waals surface area contributed by atoms with E-state index in [0.717, 1.165) is 32.4 Å². The highest BCUT2D eigenvalue weighted by molar-refractivity contribution is 5.49. The van der Waals surface area contributed by atoms with Crippen molar-refractivity contribution >= 4 is 5.69 Å². The number of benzene rings is 1. The third-order valence-electron chi connectivity index (χ3n) is 5.32. The molecular formula is C19H31NO. The summed E-state index contributed by atoms with van der Waals surface area (Å²) in [6.45, 7) is 12.8. The Morgan fingerprint density at radius 1 is 1.14 bits per heavy atom. The van der Waals surface area contributed by atoms with Gasteiger partial charge in [0, 0.05) is 24.7 Å². The summed E-state index contributed by atoms with van der Waals surface area (Å²) in [5.74, 6) is 0.359. The van der Waals surface area contributed by atoms with Crippen molar-refractivity contribution in [3.05, 3.63) is 29.8 Å². The Kier molecular flexibility index (Phi) is 4.67. The van der Waals surface area contributed by atoms with Crippen LogP contribution >= 0.6 is 0 Å². The monoisotopic (exact) mass is 289 g/mol. The van der Waals surface area contributed by atoms with E-state index in [9.17, 15) is 5.11 Å². The highest BCUT2D eigenvalue weighted by Gasteiger charge is 2.31. The van der Waals surface area contributed by atoms with Gasteiger partial charge < -0.3 is 10.0 Å². The molecule has 1 aromatic carbocycles. The van der Waals surface area contributed by atoms with Crippen molar-refractivity contribution in [1.29, 1.82) is 0 Å². The zero-order chi connectivity index (χ0) is 15.7. The molecule has 2 rings (SSSR count). The number of anilines is 1. The summed E-state index contributed by atoms with van der Waals surface area (Å²) < 4.78 is 0. The van der Waals surface area contributed by atoms with Gasteiger partial charge in [0.25, 0.3) is 0 Å². The van der Waals surface area contributed by atoms with Crippen molar-refractivity contribution in [3.8, 4) is 0 Å². The first-order chi connectivity index (χ1) is 9.74. The standard InChI is InChI=1S/C19H31NO/c1-6-18(2,3)15-9-11-17(12-10-15)20-13-7-8-16(14-20)19(4,5)21/h9-12,16,21H,6-8,13-14H2,1-5H3. The van der Waals surface area contributed by atoms with E-state index in [0.29, 0.717) is 5.92 Å². The van der Waals surface area contributed by atoms with E-state index in [1.807, 2.05) is 13.8 Å². The normalized spacial score (nSPS) is 20.7. The second kappa shape index (κ2) is 6.00. The SMILES string of the molecule is CCC(C)(C)c1ccc(N2CCCC(C(C)(C)O)C2)cc1. The van der Waals surface area contributed by atoms with E-state index in [4.69, 9.17) is 0 Å². The molecule has 1 aromatic rings. The number of hydrogen-bond acceptors (Lipinski definition) is 2. The molecule has 1 fully saturated rings. The molecule has 21 heavy (non-hydrogen) atoms. The van der Waals surface area contributed by atoms with Gasteiger partial charge in [0.15, 0.2) is 0 Å². The molecule has 1 saturated heterocycles. The Balaban J connectivity index is 2.12. The van der Waals surface area contributed by atoms with Crippen LogP contribution in [0, 0.1) is 5.92 Å². The van der Waals surface area contributed by atoms with Crippen LogP contribution in [0.4, 0.5) is 5.69 Å². The Labute approximate surface area is 130 Å². The summed E-state index contributed by atoms with van der Waals surface area (Å²) in [5.41, 5.74) is 2.36. The summed E-state index contributed by atoms with van der Waals surface area (Å²) in [6, 6.07) is 9.04. The maximum atomic E-state index is 10.3. The second-order valence-corrected chi connectivity index (χ2v) is 7.72. The minimum absolute atomic E-state index is 0.246. The maximum Gasteiger partial charge on any atom is 0.0636 e. The largest absolute Gasteiger partial charge is 0.390 e. The van der Waals surface area contributed by atoms with Crippen LogP contribution in [-0.2, 0) is 5.41 Å². The first-order valence-electron chi connectivity index (χ1n) is 8.32. The minimum Gasteiger partial charge on any atom is -0.390 e. The minimum atomic E-state index is -0.581. The Morgan fingerprint density at radius 3 is 2.29 bits per heavy atom. The van der Waals surface area contributed by atoms with Crippen molar-refractivity contribution in [2.24, 2.45) is 5.92 Å². The van der Waals surface area contributed by atoms with Crippen molar-refractivity contribution in [2.45, 2.75) is 64.9 Å². The summed E-state index contributed by atoms with van der Waals surface area (Å²) in [5, 5.41) is 10.3. The van der Waals surface area contributed by atoms with E-state index in [1.165, 1.54) is 11.3 Å². The highest BCUT2D eigenvalue weighted by atomic mass is 16.3. The molecule has 0 radical (unpaired) electrons. The van der Waals surface area contributed by atoms with Crippen LogP contribution < -0.4 is 4.90 Å². The van der Waals surface area contributed by atoms with Gasteiger partial charge in [-0.05, 0) is 56.2 Å². The van der Waals surface area contributed by atoms with Crippen molar-refractivity contribution < 1.29 is 5.11 Å². The van der Waals surface area contributed by atoms with Crippen LogP contribution in [0.5, 0.6) is 0 Å². The van der Waals surface area contributed by atoms with Gasteiger partial charge in [-0.3, -0.25) is 0 Å². The van der Waals surface area contributed by atoms with E-state index in [1.54, 1.807) is 0 Å². The van der Waals surface area contributed by atoms with Crippen LogP contribution in [0.25, 0.3) is 0 Å². The van der Waals surface area contributed by atoms with Gasteiger partial charge in [0.2, 0.25) is 0 Å². The van der Waals surface area contributed by atoms with E-state index in [2.05, 4.69) is 49.9 Å². The molecule has 0 spiro atoms. The van der Waals surface area contributed by atoms with Gasteiger partial charge in [-0.1, -0.05) is 32.9 Å². The summed E-state index contributed by atoms with van der Waals surface area (Å²) >= 11 is 0. The third-order valence-corrected chi connectivity index (χ3v) is 5.32. The molecular weight excluding hydrogens is 258 g/mol. The molecule has 1 aliphatic rings. The molecule has 0 bridgehead atoms. The lowest BCUT2D eigenvalue weighted by atomic mass is 9.82. The molecule has 0 saturated carbocycles. The predicted octanol–water partition coefficient (Wildman–Crippen LogP) is 4.36. The number of hydrogen-bond donors (Lipinski definition) is 1. The molecule has 0 aromatic heterocycles. The fraction of sp³-hybridized carbons (Fsp3) is 0.684. The number of aliphatic hydroxyl groups is 1. The summed E-state index contributed by atoms with van der Waals surface area (Å²) in [6.07, 6.45) is 3.44. The molecule has 1 N–H and O–H groups in total. The molecule has 118 valence electrons. The van der Waals surface area contributed by atoms with Gasteiger partial charge in [-0.25, -0.2) is 0 Å². The average Bonchev–Trinajstić information content (AvgIpc) is 2.47. The fourth-order valence-corrected chi connectivity index (χ4v) is 3.12. The molecule has 1 atom stereocenters. The van der Waals surface area contributed by atoms with Crippen LogP contribution in [0.2, 0.25) is 0 Å². The summed E-state index contributed by atoms with van der Waals surface area (Å²) in [7, 11) is 0. The molecule has 1 heterocycles. The van der Waals surface area contributed by atoms with Crippen LogP contribution in [0.15, 0.2) is 24.3 Å². The quantitative estimate of drug-likeness (QED) is 0.890. The zero-order valence-electron chi connectivity index (χ0n) is 14.3. The lowest BCUT2D eigenvalue weighted by molar-refractivity contribution is 0.0110. The van der Waals surface area contributed by atoms with E-state index >= 15 is 0 Å². The zero-order valence-corrected chi connectivity index (χ0v) is 14.3. The van der Waals surface area contributed by atoms with Gasteiger partial charge in [-0.15, -0.1) is 0 Å². The molecule has 2 heteroatoms. The first-order valence-corrected chi connectivity index (χ1v) is 8.32. The Hall–Kier alpha value is -1.02. The number of nitrogens with zero attached hydrogens (tertiary/aromatic N) is 1.